The van der Waals surface area contributed by atoms with E-state index in [2.05, 4.69) is 31.6 Å². The summed E-state index contributed by atoms with van der Waals surface area (Å²) in [7, 11) is 1.85. The molecule has 0 bridgehead atoms. The van der Waals surface area contributed by atoms with E-state index in [9.17, 15) is 9.65 Å². The van der Waals surface area contributed by atoms with E-state index < -0.39 is 0 Å². The van der Waals surface area contributed by atoms with Crippen LogP contribution in [0.2, 0.25) is 0 Å². The first kappa shape index (κ1) is 20.2. The lowest BCUT2D eigenvalue weighted by Crippen LogP contribution is -2.05. The zero-order chi connectivity index (χ0) is 22.1. The maximum absolute atomic E-state index is 13.4. The Labute approximate surface area is 179 Å². The first-order chi connectivity index (χ1) is 14.9. The van der Waals surface area contributed by atoms with E-state index in [0.29, 0.717) is 28.7 Å². The average molecular weight is 416 g/mol. The average Bonchev–Trinajstić information content (AvgIpc) is 3.23. The predicted molar refractivity (Wildman–Crippen MR) is 115 cm³/mol. The molecule has 0 radical (unpaired) electrons. The topological polar surface area (TPSA) is 97.2 Å². The van der Waals surface area contributed by atoms with Crippen molar-refractivity contribution in [3.05, 3.63) is 65.0 Å². The summed E-state index contributed by atoms with van der Waals surface area (Å²) < 4.78 is 16.8. The van der Waals surface area contributed by atoms with Gasteiger partial charge in [-0.1, -0.05) is 6.92 Å². The van der Waals surface area contributed by atoms with Crippen molar-refractivity contribution in [2.45, 2.75) is 27.2 Å². The van der Waals surface area contributed by atoms with Gasteiger partial charge in [-0.05, 0) is 44.5 Å². The summed E-state index contributed by atoms with van der Waals surface area (Å²) >= 11 is 0. The molecule has 0 amide bonds. The normalized spacial score (nSPS) is 10.8. The molecule has 1 N–H and O–H groups in total. The molecule has 4 aromatic rings. The van der Waals surface area contributed by atoms with Crippen LogP contribution in [0, 0.1) is 31.0 Å². The second-order valence-corrected chi connectivity index (χ2v) is 7.12. The van der Waals surface area contributed by atoms with Crippen molar-refractivity contribution >= 4 is 11.6 Å². The molecular formula is C22H21FN8. The molecule has 31 heavy (non-hydrogen) atoms. The van der Waals surface area contributed by atoms with Crippen molar-refractivity contribution in [1.29, 1.82) is 5.26 Å². The first-order valence-corrected chi connectivity index (χ1v) is 9.80. The number of rotatable bonds is 5. The molecule has 9 heteroatoms. The molecule has 3 heterocycles. The molecule has 1 aromatic carbocycles. The molecule has 156 valence electrons. The Bertz CT molecular complexity index is 1290. The minimum absolute atomic E-state index is 0.278. The third-order valence-electron chi connectivity index (χ3n) is 5.14. The van der Waals surface area contributed by atoms with Crippen LogP contribution in [0.5, 0.6) is 0 Å². The second-order valence-electron chi connectivity index (χ2n) is 7.12. The molecule has 0 saturated carbocycles. The zero-order valence-corrected chi connectivity index (χ0v) is 17.7. The smallest absolute Gasteiger partial charge is 0.159 e. The minimum atomic E-state index is -0.278. The van der Waals surface area contributed by atoms with Crippen molar-refractivity contribution in [3.8, 4) is 23.1 Å². The Balaban J connectivity index is 1.71. The highest BCUT2D eigenvalue weighted by atomic mass is 19.1. The number of hydrogen-bond donors (Lipinski definition) is 1. The van der Waals surface area contributed by atoms with Crippen LogP contribution in [0.3, 0.4) is 0 Å². The standard InChI is InChI=1S/C22H21FN8/c1-5-17-21(15-6-8-16(23)9-7-15)30(4)29-22(17)27-19-10-20(26-12-25-19)31-14(3)18(11-24)13(2)28-31/h6-10,12H,5H2,1-4H3,(H,25,26,27,29). The third-order valence-corrected chi connectivity index (χ3v) is 5.14. The fraction of sp³-hybridized carbons (Fsp3) is 0.227. The first-order valence-electron chi connectivity index (χ1n) is 9.80. The molecular weight excluding hydrogens is 395 g/mol. The number of nitrogens with zero attached hydrogens (tertiary/aromatic N) is 7. The summed E-state index contributed by atoms with van der Waals surface area (Å²) in [6, 6.07) is 10.3. The Kier molecular flexibility index (Phi) is 5.21. The highest BCUT2D eigenvalue weighted by Crippen LogP contribution is 2.31. The van der Waals surface area contributed by atoms with Crippen LogP contribution in [0.1, 0.15) is 29.4 Å². The molecule has 0 aliphatic heterocycles. The SMILES string of the molecule is CCc1c(Nc2cc(-n3nc(C)c(C#N)c3C)ncn2)nn(C)c1-c1ccc(F)cc1. The Hall–Kier alpha value is -4.06. The summed E-state index contributed by atoms with van der Waals surface area (Å²) in [5.74, 6) is 1.49. The number of aromatic nitrogens is 6. The highest BCUT2D eigenvalue weighted by molar-refractivity contribution is 5.72. The Morgan fingerprint density at radius 3 is 2.52 bits per heavy atom. The molecule has 0 spiro atoms. The highest BCUT2D eigenvalue weighted by Gasteiger charge is 2.18. The van der Waals surface area contributed by atoms with Crippen molar-refractivity contribution in [3.63, 3.8) is 0 Å². The van der Waals surface area contributed by atoms with E-state index in [0.717, 1.165) is 28.9 Å². The van der Waals surface area contributed by atoms with E-state index >= 15 is 0 Å². The molecule has 8 nitrogen and oxygen atoms in total. The molecule has 0 unspecified atom stereocenters. The predicted octanol–water partition coefficient (Wildman–Crippen LogP) is 4.00. The van der Waals surface area contributed by atoms with Crippen molar-refractivity contribution in [1.82, 2.24) is 29.5 Å². The van der Waals surface area contributed by atoms with Gasteiger partial charge in [0.25, 0.3) is 0 Å². The van der Waals surface area contributed by atoms with Crippen LogP contribution in [-0.4, -0.2) is 29.5 Å². The van der Waals surface area contributed by atoms with Crippen LogP contribution in [-0.2, 0) is 13.5 Å². The van der Waals surface area contributed by atoms with E-state index in [1.54, 1.807) is 34.5 Å². The van der Waals surface area contributed by atoms with Crippen LogP contribution in [0.4, 0.5) is 16.0 Å². The summed E-state index contributed by atoms with van der Waals surface area (Å²) in [4.78, 5) is 8.61. The number of nitrogens with one attached hydrogen (secondary N) is 1. The van der Waals surface area contributed by atoms with Crippen molar-refractivity contribution in [2.24, 2.45) is 7.05 Å². The zero-order valence-electron chi connectivity index (χ0n) is 17.7. The number of aryl methyl sites for hydroxylation is 2. The van der Waals surface area contributed by atoms with Gasteiger partial charge in [0.2, 0.25) is 0 Å². The number of hydrogen-bond acceptors (Lipinski definition) is 6. The number of nitriles is 1. The van der Waals surface area contributed by atoms with Gasteiger partial charge in [0.15, 0.2) is 11.6 Å². The van der Waals surface area contributed by atoms with Gasteiger partial charge >= 0.3 is 0 Å². The van der Waals surface area contributed by atoms with Gasteiger partial charge in [-0.25, -0.2) is 19.0 Å². The summed E-state index contributed by atoms with van der Waals surface area (Å²) in [6.07, 6.45) is 2.17. The van der Waals surface area contributed by atoms with Crippen molar-refractivity contribution in [2.75, 3.05) is 5.32 Å². The van der Waals surface area contributed by atoms with Gasteiger partial charge in [0, 0.05) is 24.2 Å². The molecule has 0 saturated heterocycles. The molecule has 0 aliphatic carbocycles. The maximum atomic E-state index is 13.4. The van der Waals surface area contributed by atoms with Crippen LogP contribution < -0.4 is 5.32 Å². The van der Waals surface area contributed by atoms with Gasteiger partial charge < -0.3 is 5.32 Å². The van der Waals surface area contributed by atoms with Crippen LogP contribution in [0.25, 0.3) is 17.1 Å². The van der Waals surface area contributed by atoms with Crippen LogP contribution in [0.15, 0.2) is 36.7 Å². The quantitative estimate of drug-likeness (QED) is 0.528. The van der Waals surface area contributed by atoms with Gasteiger partial charge in [-0.3, -0.25) is 4.68 Å². The lowest BCUT2D eigenvalue weighted by molar-refractivity contribution is 0.628. The molecule has 4 rings (SSSR count). The van der Waals surface area contributed by atoms with E-state index in [-0.39, 0.29) is 5.82 Å². The lowest BCUT2D eigenvalue weighted by Gasteiger charge is -2.08. The summed E-state index contributed by atoms with van der Waals surface area (Å²) in [5.41, 5.74) is 4.69. The van der Waals surface area contributed by atoms with Crippen LogP contribution >= 0.6 is 0 Å². The van der Waals surface area contributed by atoms with Gasteiger partial charge in [-0.2, -0.15) is 15.5 Å². The second kappa shape index (κ2) is 7.99. The molecule has 3 aromatic heterocycles. The Morgan fingerprint density at radius 2 is 1.87 bits per heavy atom. The minimum Gasteiger partial charge on any atom is -0.323 e. The number of anilines is 2. The third kappa shape index (κ3) is 3.64. The molecule has 0 aliphatic rings. The fourth-order valence-electron chi connectivity index (χ4n) is 3.65. The fourth-order valence-corrected chi connectivity index (χ4v) is 3.65. The van der Waals surface area contributed by atoms with E-state index in [1.165, 1.54) is 18.5 Å². The lowest BCUT2D eigenvalue weighted by atomic mass is 10.1. The molecule has 0 fully saturated rings. The van der Waals surface area contributed by atoms with Gasteiger partial charge in [0.05, 0.1) is 22.6 Å². The van der Waals surface area contributed by atoms with Gasteiger partial charge in [0.1, 0.15) is 24.0 Å². The van der Waals surface area contributed by atoms with E-state index in [1.807, 2.05) is 20.9 Å². The van der Waals surface area contributed by atoms with Gasteiger partial charge in [-0.15, -0.1) is 0 Å². The van der Waals surface area contributed by atoms with Crippen molar-refractivity contribution < 1.29 is 4.39 Å². The Morgan fingerprint density at radius 1 is 1.13 bits per heavy atom. The summed E-state index contributed by atoms with van der Waals surface area (Å²) in [5, 5.41) is 21.6. The van der Waals surface area contributed by atoms with E-state index in [4.69, 9.17) is 0 Å². The largest absolute Gasteiger partial charge is 0.323 e. The monoisotopic (exact) mass is 416 g/mol. The number of benzene rings is 1. The summed E-state index contributed by atoms with van der Waals surface area (Å²) in [6.45, 7) is 5.66. The molecule has 0 atom stereocenters. The number of halogens is 1. The maximum Gasteiger partial charge on any atom is 0.159 e.